The highest BCUT2D eigenvalue weighted by atomic mass is 35.5. The largest absolute Gasteiger partial charge is 0.344 e. The average molecular weight is 519 g/mol. The second-order valence-corrected chi connectivity index (χ2v) is 10.9. The van der Waals surface area contributed by atoms with Crippen LogP contribution >= 0.6 is 11.6 Å². The van der Waals surface area contributed by atoms with E-state index in [4.69, 9.17) is 11.6 Å². The van der Waals surface area contributed by atoms with Crippen LogP contribution in [0.25, 0.3) is 0 Å². The molecule has 0 fully saturated rings. The first kappa shape index (κ1) is 25.5. The number of para-hydroxylation sites is 1. The summed E-state index contributed by atoms with van der Waals surface area (Å²) in [6, 6.07) is 30.1. The predicted molar refractivity (Wildman–Crippen MR) is 145 cm³/mol. The molecule has 4 aromatic rings. The number of carbonyl (C=O) groups is 1. The smallest absolute Gasteiger partial charge is 0.264 e. The van der Waals surface area contributed by atoms with Crippen molar-refractivity contribution in [2.45, 2.75) is 24.8 Å². The molecule has 1 atom stereocenters. The van der Waals surface area contributed by atoms with Gasteiger partial charge < -0.3 is 5.32 Å². The third-order valence-corrected chi connectivity index (χ3v) is 7.96. The molecule has 0 aromatic heterocycles. The van der Waals surface area contributed by atoms with E-state index in [0.717, 1.165) is 26.6 Å². The Kier molecular flexibility index (Phi) is 7.77. The Morgan fingerprint density at radius 3 is 1.92 bits per heavy atom. The number of amides is 1. The summed E-state index contributed by atoms with van der Waals surface area (Å²) in [4.78, 5) is 13.5. The monoisotopic (exact) mass is 518 g/mol. The highest BCUT2D eigenvalue weighted by Crippen LogP contribution is 2.31. The molecule has 184 valence electrons. The highest BCUT2D eigenvalue weighted by Gasteiger charge is 2.29. The van der Waals surface area contributed by atoms with Gasteiger partial charge >= 0.3 is 0 Å². The zero-order valence-electron chi connectivity index (χ0n) is 20.1. The van der Waals surface area contributed by atoms with E-state index >= 15 is 0 Å². The Bertz CT molecular complexity index is 1440. The molecule has 1 amide bonds. The van der Waals surface area contributed by atoms with E-state index in [2.05, 4.69) is 5.32 Å². The molecular formula is C29H27ClN2O3S. The van der Waals surface area contributed by atoms with Gasteiger partial charge in [0.05, 0.1) is 21.6 Å². The molecule has 7 heteroatoms. The molecule has 36 heavy (non-hydrogen) atoms. The van der Waals surface area contributed by atoms with E-state index in [1.165, 1.54) is 12.1 Å². The van der Waals surface area contributed by atoms with Gasteiger partial charge in [0.15, 0.2) is 0 Å². The van der Waals surface area contributed by atoms with Crippen LogP contribution in [0.4, 0.5) is 5.69 Å². The normalized spacial score (nSPS) is 12.1. The number of hydrogen-bond donors (Lipinski definition) is 1. The van der Waals surface area contributed by atoms with Gasteiger partial charge in [-0.15, -0.1) is 0 Å². The number of nitrogens with one attached hydrogen (secondary N) is 1. The van der Waals surface area contributed by atoms with Gasteiger partial charge in [0.1, 0.15) is 6.54 Å². The maximum absolute atomic E-state index is 13.7. The quantitative estimate of drug-likeness (QED) is 0.308. The Labute approximate surface area is 217 Å². The summed E-state index contributed by atoms with van der Waals surface area (Å²) in [6.45, 7) is 3.44. The van der Waals surface area contributed by atoms with Crippen molar-refractivity contribution in [3.63, 3.8) is 0 Å². The van der Waals surface area contributed by atoms with Crippen molar-refractivity contribution < 1.29 is 13.2 Å². The lowest BCUT2D eigenvalue weighted by Gasteiger charge is -2.27. The molecule has 1 N–H and O–H groups in total. The molecule has 0 saturated carbocycles. The molecule has 0 aliphatic heterocycles. The molecule has 0 radical (unpaired) electrons. The van der Waals surface area contributed by atoms with Gasteiger partial charge in [0.25, 0.3) is 10.0 Å². The third kappa shape index (κ3) is 5.78. The number of rotatable bonds is 8. The topological polar surface area (TPSA) is 66.5 Å². The Morgan fingerprint density at radius 2 is 1.31 bits per heavy atom. The molecule has 0 saturated heterocycles. The average Bonchev–Trinajstić information content (AvgIpc) is 2.88. The molecule has 0 bridgehead atoms. The Hall–Kier alpha value is -3.61. The van der Waals surface area contributed by atoms with Gasteiger partial charge in [-0.1, -0.05) is 102 Å². The van der Waals surface area contributed by atoms with E-state index in [0.29, 0.717) is 0 Å². The SMILES string of the molecule is Cc1ccc([C@H](NC(=O)CN(c2ccccc2Cl)S(=O)(=O)c2ccc(C)cc2)c2ccccc2)cc1. The molecule has 5 nitrogen and oxygen atoms in total. The van der Waals surface area contributed by atoms with Crippen LogP contribution in [0.1, 0.15) is 28.3 Å². The number of carbonyl (C=O) groups excluding carboxylic acids is 1. The number of aryl methyl sites for hydroxylation is 2. The lowest BCUT2D eigenvalue weighted by molar-refractivity contribution is -0.120. The van der Waals surface area contributed by atoms with Gasteiger partial charge in [-0.2, -0.15) is 0 Å². The molecular weight excluding hydrogens is 492 g/mol. The zero-order valence-corrected chi connectivity index (χ0v) is 21.6. The Balaban J connectivity index is 1.69. The van der Waals surface area contributed by atoms with Crippen molar-refractivity contribution in [3.05, 3.63) is 130 Å². The highest BCUT2D eigenvalue weighted by molar-refractivity contribution is 7.92. The molecule has 0 spiro atoms. The number of halogens is 1. The third-order valence-electron chi connectivity index (χ3n) is 5.87. The van der Waals surface area contributed by atoms with Crippen molar-refractivity contribution in [1.29, 1.82) is 0 Å². The van der Waals surface area contributed by atoms with E-state index < -0.39 is 28.5 Å². The van der Waals surface area contributed by atoms with Crippen LogP contribution in [0, 0.1) is 13.8 Å². The van der Waals surface area contributed by atoms with Gasteiger partial charge in [0, 0.05) is 0 Å². The van der Waals surface area contributed by atoms with Crippen molar-refractivity contribution in [3.8, 4) is 0 Å². The summed E-state index contributed by atoms with van der Waals surface area (Å²) in [5.41, 5.74) is 4.05. The van der Waals surface area contributed by atoms with Gasteiger partial charge in [-0.3, -0.25) is 9.10 Å². The minimum Gasteiger partial charge on any atom is -0.344 e. The summed E-state index contributed by atoms with van der Waals surface area (Å²) >= 11 is 6.40. The fourth-order valence-electron chi connectivity index (χ4n) is 3.89. The Morgan fingerprint density at radius 1 is 0.778 bits per heavy atom. The van der Waals surface area contributed by atoms with Crippen LogP contribution in [-0.2, 0) is 14.8 Å². The lowest BCUT2D eigenvalue weighted by atomic mass is 9.98. The number of anilines is 1. The minimum atomic E-state index is -4.07. The molecule has 0 unspecified atom stereocenters. The summed E-state index contributed by atoms with van der Waals surface area (Å²) in [7, 11) is -4.07. The summed E-state index contributed by atoms with van der Waals surface area (Å²) in [5.74, 6) is -0.458. The maximum Gasteiger partial charge on any atom is 0.264 e. The van der Waals surface area contributed by atoms with E-state index in [9.17, 15) is 13.2 Å². The van der Waals surface area contributed by atoms with Crippen LogP contribution in [0.3, 0.4) is 0 Å². The maximum atomic E-state index is 13.7. The van der Waals surface area contributed by atoms with E-state index in [1.807, 2.05) is 68.4 Å². The van der Waals surface area contributed by atoms with E-state index in [-0.39, 0.29) is 15.6 Å². The van der Waals surface area contributed by atoms with Crippen LogP contribution in [0.5, 0.6) is 0 Å². The van der Waals surface area contributed by atoms with Crippen LogP contribution in [0.15, 0.2) is 108 Å². The number of benzene rings is 4. The van der Waals surface area contributed by atoms with Crippen molar-refractivity contribution in [2.24, 2.45) is 0 Å². The molecule has 0 heterocycles. The van der Waals surface area contributed by atoms with Crippen molar-refractivity contribution in [1.82, 2.24) is 5.32 Å². The first-order valence-electron chi connectivity index (χ1n) is 11.5. The summed E-state index contributed by atoms with van der Waals surface area (Å²) in [5, 5.41) is 3.27. The van der Waals surface area contributed by atoms with E-state index in [1.54, 1.807) is 36.4 Å². The van der Waals surface area contributed by atoms with Gasteiger partial charge in [-0.25, -0.2) is 8.42 Å². The predicted octanol–water partition coefficient (Wildman–Crippen LogP) is 6.06. The lowest BCUT2D eigenvalue weighted by Crippen LogP contribution is -2.42. The van der Waals surface area contributed by atoms with Crippen molar-refractivity contribution in [2.75, 3.05) is 10.8 Å². The molecule has 0 aliphatic carbocycles. The summed E-state index contributed by atoms with van der Waals surface area (Å²) < 4.78 is 28.4. The first-order chi connectivity index (χ1) is 17.3. The molecule has 4 rings (SSSR count). The first-order valence-corrected chi connectivity index (χ1v) is 13.3. The molecule has 4 aromatic carbocycles. The summed E-state index contributed by atoms with van der Waals surface area (Å²) in [6.07, 6.45) is 0. The number of nitrogens with zero attached hydrogens (tertiary/aromatic N) is 1. The standard InChI is InChI=1S/C29H27ClN2O3S/c1-21-12-16-24(17-13-21)29(23-8-4-3-5-9-23)31-28(33)20-32(27-11-7-6-10-26(27)30)36(34,35)25-18-14-22(2)15-19-25/h3-19,29H,20H2,1-2H3,(H,31,33)/t29-/m1/s1. The fraction of sp³-hybridized carbons (Fsp3) is 0.138. The number of sulfonamides is 1. The minimum absolute atomic E-state index is 0.0824. The fourth-order valence-corrected chi connectivity index (χ4v) is 5.62. The zero-order chi connectivity index (χ0) is 25.7. The van der Waals surface area contributed by atoms with Gasteiger partial charge in [-0.05, 0) is 49.2 Å². The van der Waals surface area contributed by atoms with Crippen LogP contribution in [0.2, 0.25) is 5.02 Å². The van der Waals surface area contributed by atoms with Crippen LogP contribution in [-0.4, -0.2) is 20.9 Å². The second kappa shape index (κ2) is 11.0. The second-order valence-electron chi connectivity index (χ2n) is 8.60. The van der Waals surface area contributed by atoms with Crippen molar-refractivity contribution >= 4 is 33.2 Å². The van der Waals surface area contributed by atoms with Gasteiger partial charge in [0.2, 0.25) is 5.91 Å². The molecule has 0 aliphatic rings. The van der Waals surface area contributed by atoms with Crippen LogP contribution < -0.4 is 9.62 Å². The number of hydrogen-bond acceptors (Lipinski definition) is 3.